The molecule has 2 heterocycles. The molecular formula is C20H17BrN2O3S. The first-order valence-corrected chi connectivity index (χ1v) is 10.7. The third-order valence-electron chi connectivity index (χ3n) is 4.49. The van der Waals surface area contributed by atoms with Gasteiger partial charge in [-0.3, -0.25) is 0 Å². The third kappa shape index (κ3) is 3.44. The predicted molar refractivity (Wildman–Crippen MR) is 107 cm³/mol. The Hall–Kier alpha value is -2.38. The molecule has 0 bridgehead atoms. The van der Waals surface area contributed by atoms with E-state index >= 15 is 0 Å². The van der Waals surface area contributed by atoms with Crippen LogP contribution < -0.4 is 0 Å². The van der Waals surface area contributed by atoms with Gasteiger partial charge in [0.05, 0.1) is 16.9 Å². The zero-order valence-electron chi connectivity index (χ0n) is 14.5. The minimum absolute atomic E-state index is 0.213. The van der Waals surface area contributed by atoms with Gasteiger partial charge in [0.2, 0.25) is 0 Å². The van der Waals surface area contributed by atoms with Crippen LogP contribution in [-0.2, 0) is 10.0 Å². The zero-order valence-corrected chi connectivity index (χ0v) is 16.9. The molecule has 7 heteroatoms. The van der Waals surface area contributed by atoms with Gasteiger partial charge in [-0.2, -0.15) is 17.9 Å². The first-order chi connectivity index (χ1) is 12.9. The first kappa shape index (κ1) is 18.0. The summed E-state index contributed by atoms with van der Waals surface area (Å²) in [4.78, 5) is 0.213. The highest BCUT2D eigenvalue weighted by molar-refractivity contribution is 9.10. The maximum absolute atomic E-state index is 13.3. The number of nitrogens with zero attached hydrogens (tertiary/aromatic N) is 2. The number of sulfonamides is 1. The molecule has 0 amide bonds. The van der Waals surface area contributed by atoms with Gasteiger partial charge in [-0.15, -0.1) is 0 Å². The van der Waals surface area contributed by atoms with E-state index in [9.17, 15) is 8.42 Å². The lowest BCUT2D eigenvalue weighted by Gasteiger charge is -2.21. The Kier molecular flexibility index (Phi) is 4.65. The molecule has 0 fully saturated rings. The summed E-state index contributed by atoms with van der Waals surface area (Å²) in [5.74, 6) is 0.571. The summed E-state index contributed by atoms with van der Waals surface area (Å²) in [5, 5.41) is 4.48. The summed E-state index contributed by atoms with van der Waals surface area (Å²) < 4.78 is 34.1. The van der Waals surface area contributed by atoms with Gasteiger partial charge in [0, 0.05) is 10.9 Å². The van der Waals surface area contributed by atoms with Gasteiger partial charge in [-0.1, -0.05) is 45.8 Å². The number of benzene rings is 2. The van der Waals surface area contributed by atoms with Gasteiger partial charge in [0.15, 0.2) is 0 Å². The average Bonchev–Trinajstić information content (AvgIpc) is 3.32. The van der Waals surface area contributed by atoms with Crippen molar-refractivity contribution in [3.63, 3.8) is 0 Å². The molecule has 0 unspecified atom stereocenters. The third-order valence-corrected chi connectivity index (χ3v) is 6.71. The lowest BCUT2D eigenvalue weighted by atomic mass is 10.0. The SMILES string of the molecule is Cc1ccc(S(=O)(=O)N2N=C(c3ccc(Br)cc3)C[C@H]2c2ccco2)cc1. The molecule has 27 heavy (non-hydrogen) atoms. The fourth-order valence-corrected chi connectivity index (χ4v) is 4.72. The van der Waals surface area contributed by atoms with E-state index in [1.54, 1.807) is 42.7 Å². The summed E-state index contributed by atoms with van der Waals surface area (Å²) in [7, 11) is -3.80. The topological polar surface area (TPSA) is 62.9 Å². The Balaban J connectivity index is 1.78. The van der Waals surface area contributed by atoms with Crippen LogP contribution in [-0.4, -0.2) is 18.5 Å². The number of furan rings is 1. The Morgan fingerprint density at radius 3 is 2.41 bits per heavy atom. The van der Waals surface area contributed by atoms with Crippen molar-refractivity contribution in [3.8, 4) is 0 Å². The molecule has 5 nitrogen and oxygen atoms in total. The van der Waals surface area contributed by atoms with E-state index in [4.69, 9.17) is 4.42 Å². The molecule has 2 aromatic carbocycles. The van der Waals surface area contributed by atoms with Crippen molar-refractivity contribution in [2.45, 2.75) is 24.3 Å². The van der Waals surface area contributed by atoms with Gasteiger partial charge in [-0.05, 0) is 48.9 Å². The van der Waals surface area contributed by atoms with Crippen LogP contribution >= 0.6 is 15.9 Å². The molecule has 0 spiro atoms. The lowest BCUT2D eigenvalue weighted by molar-refractivity contribution is 0.320. The summed E-state index contributed by atoms with van der Waals surface area (Å²) in [6.07, 6.45) is 1.99. The maximum atomic E-state index is 13.3. The van der Waals surface area contributed by atoms with E-state index in [1.807, 2.05) is 31.2 Å². The molecule has 0 radical (unpaired) electrons. The van der Waals surface area contributed by atoms with E-state index in [1.165, 1.54) is 4.41 Å². The van der Waals surface area contributed by atoms with E-state index in [0.29, 0.717) is 17.9 Å². The monoisotopic (exact) mass is 444 g/mol. The number of aryl methyl sites for hydroxylation is 1. The lowest BCUT2D eigenvalue weighted by Crippen LogP contribution is -2.27. The predicted octanol–water partition coefficient (Wildman–Crippen LogP) is 4.89. The zero-order chi connectivity index (χ0) is 19.0. The van der Waals surface area contributed by atoms with Gasteiger partial charge in [0.25, 0.3) is 10.0 Å². The van der Waals surface area contributed by atoms with Crippen LogP contribution in [0.3, 0.4) is 0 Å². The molecular weight excluding hydrogens is 428 g/mol. The number of hydrogen-bond acceptors (Lipinski definition) is 4. The molecule has 0 aliphatic carbocycles. The Labute approximate surface area is 166 Å². The normalized spacial score (nSPS) is 17.2. The van der Waals surface area contributed by atoms with Crippen molar-refractivity contribution in [2.24, 2.45) is 5.10 Å². The fraction of sp³-hybridized carbons (Fsp3) is 0.150. The van der Waals surface area contributed by atoms with E-state index in [2.05, 4.69) is 21.0 Å². The quantitative estimate of drug-likeness (QED) is 0.575. The Morgan fingerprint density at radius 2 is 1.78 bits per heavy atom. The highest BCUT2D eigenvalue weighted by Gasteiger charge is 2.39. The molecule has 1 aliphatic heterocycles. The molecule has 0 saturated heterocycles. The van der Waals surface area contributed by atoms with E-state index in [-0.39, 0.29) is 4.90 Å². The first-order valence-electron chi connectivity index (χ1n) is 8.43. The second-order valence-corrected chi connectivity index (χ2v) is 9.09. The van der Waals surface area contributed by atoms with Crippen LogP contribution in [0.2, 0.25) is 0 Å². The Bertz CT molecular complexity index is 1070. The molecule has 0 saturated carbocycles. The van der Waals surface area contributed by atoms with E-state index < -0.39 is 16.1 Å². The summed E-state index contributed by atoms with van der Waals surface area (Å²) in [6.45, 7) is 1.92. The number of rotatable bonds is 4. The second-order valence-electron chi connectivity index (χ2n) is 6.38. The van der Waals surface area contributed by atoms with Crippen LogP contribution in [0.15, 0.2) is 85.8 Å². The molecule has 1 aliphatic rings. The van der Waals surface area contributed by atoms with Crippen molar-refractivity contribution in [1.82, 2.24) is 4.41 Å². The molecule has 1 aromatic heterocycles. The van der Waals surface area contributed by atoms with Crippen molar-refractivity contribution < 1.29 is 12.8 Å². The number of halogens is 1. The van der Waals surface area contributed by atoms with Crippen LogP contribution in [0.1, 0.15) is 29.3 Å². The van der Waals surface area contributed by atoms with Gasteiger partial charge in [-0.25, -0.2) is 0 Å². The highest BCUT2D eigenvalue weighted by Crippen LogP contribution is 2.37. The fourth-order valence-electron chi connectivity index (χ4n) is 3.04. The van der Waals surface area contributed by atoms with Crippen LogP contribution in [0.4, 0.5) is 0 Å². The molecule has 4 rings (SSSR count). The van der Waals surface area contributed by atoms with Crippen molar-refractivity contribution in [1.29, 1.82) is 0 Å². The van der Waals surface area contributed by atoms with Crippen LogP contribution in [0.25, 0.3) is 0 Å². The average molecular weight is 445 g/mol. The smallest absolute Gasteiger partial charge is 0.279 e. The summed E-state index contributed by atoms with van der Waals surface area (Å²) >= 11 is 3.42. The maximum Gasteiger partial charge on any atom is 0.279 e. The van der Waals surface area contributed by atoms with E-state index in [0.717, 1.165) is 15.6 Å². The van der Waals surface area contributed by atoms with Crippen molar-refractivity contribution in [2.75, 3.05) is 0 Å². The molecule has 0 N–H and O–H groups in total. The summed E-state index contributed by atoms with van der Waals surface area (Å²) in [6, 6.07) is 17.5. The summed E-state index contributed by atoms with van der Waals surface area (Å²) in [5.41, 5.74) is 2.59. The number of hydrazone groups is 1. The van der Waals surface area contributed by atoms with Crippen molar-refractivity contribution >= 4 is 31.7 Å². The molecule has 3 aromatic rings. The molecule has 1 atom stereocenters. The Morgan fingerprint density at radius 1 is 1.07 bits per heavy atom. The van der Waals surface area contributed by atoms with Crippen molar-refractivity contribution in [3.05, 3.63) is 88.3 Å². The highest BCUT2D eigenvalue weighted by atomic mass is 79.9. The van der Waals surface area contributed by atoms with Crippen LogP contribution in [0, 0.1) is 6.92 Å². The largest absolute Gasteiger partial charge is 0.467 e. The molecule has 138 valence electrons. The van der Waals surface area contributed by atoms with Gasteiger partial charge >= 0.3 is 0 Å². The van der Waals surface area contributed by atoms with Gasteiger partial charge in [0.1, 0.15) is 11.8 Å². The van der Waals surface area contributed by atoms with Crippen LogP contribution in [0.5, 0.6) is 0 Å². The second kappa shape index (κ2) is 6.98. The van der Waals surface area contributed by atoms with Gasteiger partial charge < -0.3 is 4.42 Å². The number of hydrogen-bond donors (Lipinski definition) is 0. The minimum atomic E-state index is -3.80. The minimum Gasteiger partial charge on any atom is -0.467 e. The standard InChI is InChI=1S/C20H17BrN2O3S/c1-14-4-10-17(11-5-14)27(24,25)23-19(20-3-2-12-26-20)13-18(22-23)15-6-8-16(21)9-7-15/h2-12,19H,13H2,1H3/t19-/m0/s1.